The van der Waals surface area contributed by atoms with Crippen molar-refractivity contribution < 1.29 is 4.79 Å². The summed E-state index contributed by atoms with van der Waals surface area (Å²) in [5.41, 5.74) is 0.822. The van der Waals surface area contributed by atoms with Crippen LogP contribution in [0.2, 0.25) is 0 Å². The molecule has 1 aromatic rings. The number of halogens is 1. The van der Waals surface area contributed by atoms with E-state index < -0.39 is 0 Å². The van der Waals surface area contributed by atoms with Gasteiger partial charge in [-0.05, 0) is 79.2 Å². The lowest BCUT2D eigenvalue weighted by atomic mass is 10.2. The fourth-order valence-electron chi connectivity index (χ4n) is 3.11. The molecule has 2 heterocycles. The maximum Gasteiger partial charge on any atom is 0.253 e. The minimum absolute atomic E-state index is 0.193. The first kappa shape index (κ1) is 13.4. The normalized spacial score (nSPS) is 24.1. The minimum atomic E-state index is 0.193. The molecule has 3 rings (SSSR count). The second kappa shape index (κ2) is 5.79. The molecular weight excluding hydrogens is 351 g/mol. The van der Waals surface area contributed by atoms with Crippen LogP contribution in [0.5, 0.6) is 0 Å². The summed E-state index contributed by atoms with van der Waals surface area (Å²) in [4.78, 5) is 17.0. The zero-order chi connectivity index (χ0) is 13.2. The van der Waals surface area contributed by atoms with Gasteiger partial charge >= 0.3 is 0 Å². The van der Waals surface area contributed by atoms with E-state index in [2.05, 4.69) is 27.5 Å². The number of rotatable bonds is 2. The third-order valence-electron chi connectivity index (χ3n) is 4.20. The highest BCUT2D eigenvalue weighted by molar-refractivity contribution is 14.1. The van der Waals surface area contributed by atoms with Crippen molar-refractivity contribution in [2.75, 3.05) is 26.2 Å². The Hall–Kier alpha value is -0.620. The molecule has 0 spiro atoms. The molecule has 2 aliphatic rings. The highest BCUT2D eigenvalue weighted by Gasteiger charge is 2.31. The molecule has 2 aliphatic heterocycles. The van der Waals surface area contributed by atoms with Crippen LogP contribution in [0.4, 0.5) is 0 Å². The standard InChI is InChI=1S/C15H19IN2O/c16-13-5-3-12(4-6-13)15(19)18-10-7-14(11-18)17-8-1-2-9-17/h3-6,14H,1-2,7-11H2/t14-/m0/s1. The highest BCUT2D eigenvalue weighted by Crippen LogP contribution is 2.22. The number of likely N-dealkylation sites (tertiary alicyclic amines) is 2. The number of hydrogen-bond acceptors (Lipinski definition) is 2. The van der Waals surface area contributed by atoms with Crippen LogP contribution < -0.4 is 0 Å². The molecule has 3 nitrogen and oxygen atoms in total. The largest absolute Gasteiger partial charge is 0.337 e. The van der Waals surface area contributed by atoms with E-state index in [9.17, 15) is 4.79 Å². The zero-order valence-corrected chi connectivity index (χ0v) is 13.2. The van der Waals surface area contributed by atoms with E-state index in [1.807, 2.05) is 29.2 Å². The van der Waals surface area contributed by atoms with Crippen molar-refractivity contribution in [2.24, 2.45) is 0 Å². The monoisotopic (exact) mass is 370 g/mol. The Labute approximate surface area is 128 Å². The summed E-state index contributed by atoms with van der Waals surface area (Å²) in [6.45, 7) is 4.25. The van der Waals surface area contributed by atoms with Crippen LogP contribution in [0.25, 0.3) is 0 Å². The molecular formula is C15H19IN2O. The van der Waals surface area contributed by atoms with Crippen LogP contribution in [-0.2, 0) is 0 Å². The number of carbonyl (C=O) groups is 1. The van der Waals surface area contributed by atoms with Gasteiger partial charge in [0, 0.05) is 28.3 Å². The first-order valence-corrected chi connectivity index (χ1v) is 8.11. The van der Waals surface area contributed by atoms with Crippen LogP contribution in [-0.4, -0.2) is 47.9 Å². The number of benzene rings is 1. The molecule has 1 amide bonds. The van der Waals surface area contributed by atoms with E-state index in [-0.39, 0.29) is 5.91 Å². The van der Waals surface area contributed by atoms with Gasteiger partial charge in [-0.15, -0.1) is 0 Å². The molecule has 2 saturated heterocycles. The lowest BCUT2D eigenvalue weighted by Gasteiger charge is -2.23. The summed E-state index contributed by atoms with van der Waals surface area (Å²) in [5.74, 6) is 0.193. The molecule has 0 N–H and O–H groups in total. The Kier molecular flexibility index (Phi) is 4.07. The Morgan fingerprint density at radius 1 is 1.11 bits per heavy atom. The van der Waals surface area contributed by atoms with Gasteiger partial charge in [0.05, 0.1) is 0 Å². The van der Waals surface area contributed by atoms with Gasteiger partial charge in [0.2, 0.25) is 0 Å². The summed E-state index contributed by atoms with van der Waals surface area (Å²) in [7, 11) is 0. The molecule has 1 atom stereocenters. The van der Waals surface area contributed by atoms with E-state index in [0.29, 0.717) is 6.04 Å². The van der Waals surface area contributed by atoms with Gasteiger partial charge < -0.3 is 4.90 Å². The SMILES string of the molecule is O=C(c1ccc(I)cc1)N1CC[C@H](N2CCCC2)C1. The van der Waals surface area contributed by atoms with Crippen LogP contribution in [0.3, 0.4) is 0 Å². The van der Waals surface area contributed by atoms with E-state index in [4.69, 9.17) is 0 Å². The fourth-order valence-corrected chi connectivity index (χ4v) is 3.47. The van der Waals surface area contributed by atoms with Crippen molar-refractivity contribution in [3.63, 3.8) is 0 Å². The summed E-state index contributed by atoms with van der Waals surface area (Å²) in [6.07, 6.45) is 3.78. The third kappa shape index (κ3) is 2.94. The maximum atomic E-state index is 12.4. The molecule has 0 unspecified atom stereocenters. The Balaban J connectivity index is 1.63. The van der Waals surface area contributed by atoms with Crippen LogP contribution in [0, 0.1) is 3.57 Å². The van der Waals surface area contributed by atoms with Gasteiger partial charge in [-0.1, -0.05) is 0 Å². The summed E-state index contributed by atoms with van der Waals surface area (Å²) in [5, 5.41) is 0. The highest BCUT2D eigenvalue weighted by atomic mass is 127. The molecule has 19 heavy (non-hydrogen) atoms. The molecule has 2 fully saturated rings. The van der Waals surface area contributed by atoms with Gasteiger partial charge in [-0.25, -0.2) is 0 Å². The number of nitrogens with zero attached hydrogens (tertiary/aromatic N) is 2. The lowest BCUT2D eigenvalue weighted by molar-refractivity contribution is 0.0780. The van der Waals surface area contributed by atoms with Crippen molar-refractivity contribution >= 4 is 28.5 Å². The minimum Gasteiger partial charge on any atom is -0.337 e. The average Bonchev–Trinajstić information content (AvgIpc) is 3.10. The van der Waals surface area contributed by atoms with Gasteiger partial charge in [-0.2, -0.15) is 0 Å². The second-order valence-corrected chi connectivity index (χ2v) is 6.69. The fraction of sp³-hybridized carbons (Fsp3) is 0.533. The molecule has 4 heteroatoms. The summed E-state index contributed by atoms with van der Waals surface area (Å²) in [6, 6.07) is 8.47. The molecule has 102 valence electrons. The van der Waals surface area contributed by atoms with E-state index in [0.717, 1.165) is 25.1 Å². The summed E-state index contributed by atoms with van der Waals surface area (Å²) >= 11 is 2.27. The smallest absolute Gasteiger partial charge is 0.253 e. The molecule has 1 aromatic carbocycles. The van der Waals surface area contributed by atoms with Crippen LogP contribution >= 0.6 is 22.6 Å². The topological polar surface area (TPSA) is 23.6 Å². The predicted octanol–water partition coefficient (Wildman–Crippen LogP) is 2.60. The molecule has 0 radical (unpaired) electrons. The van der Waals surface area contributed by atoms with Gasteiger partial charge in [0.1, 0.15) is 0 Å². The van der Waals surface area contributed by atoms with Crippen LogP contribution in [0.15, 0.2) is 24.3 Å². The number of hydrogen-bond donors (Lipinski definition) is 0. The number of amides is 1. The van der Waals surface area contributed by atoms with Crippen molar-refractivity contribution in [1.29, 1.82) is 0 Å². The van der Waals surface area contributed by atoms with E-state index in [1.54, 1.807) is 0 Å². The van der Waals surface area contributed by atoms with Crippen LogP contribution in [0.1, 0.15) is 29.6 Å². The lowest BCUT2D eigenvalue weighted by Crippen LogP contribution is -2.37. The second-order valence-electron chi connectivity index (χ2n) is 5.44. The first-order chi connectivity index (χ1) is 9.24. The van der Waals surface area contributed by atoms with Gasteiger partial charge in [-0.3, -0.25) is 9.69 Å². The van der Waals surface area contributed by atoms with Crippen molar-refractivity contribution in [1.82, 2.24) is 9.80 Å². The van der Waals surface area contributed by atoms with E-state index >= 15 is 0 Å². The van der Waals surface area contributed by atoms with Crippen molar-refractivity contribution in [3.05, 3.63) is 33.4 Å². The predicted molar refractivity (Wildman–Crippen MR) is 84.3 cm³/mol. The Morgan fingerprint density at radius 3 is 2.47 bits per heavy atom. The maximum absolute atomic E-state index is 12.4. The summed E-state index contributed by atoms with van der Waals surface area (Å²) < 4.78 is 1.17. The number of carbonyl (C=O) groups excluding carboxylic acids is 1. The van der Waals surface area contributed by atoms with Crippen molar-refractivity contribution in [3.8, 4) is 0 Å². The first-order valence-electron chi connectivity index (χ1n) is 7.03. The third-order valence-corrected chi connectivity index (χ3v) is 4.92. The van der Waals surface area contributed by atoms with Crippen molar-refractivity contribution in [2.45, 2.75) is 25.3 Å². The molecule has 0 aliphatic carbocycles. The molecule has 0 aromatic heterocycles. The Morgan fingerprint density at radius 2 is 1.79 bits per heavy atom. The quantitative estimate of drug-likeness (QED) is 0.748. The molecule has 0 saturated carbocycles. The average molecular weight is 370 g/mol. The van der Waals surface area contributed by atoms with Gasteiger partial charge in [0.25, 0.3) is 5.91 Å². The molecule has 0 bridgehead atoms. The van der Waals surface area contributed by atoms with Gasteiger partial charge in [0.15, 0.2) is 0 Å². The Bertz CT molecular complexity index is 454. The zero-order valence-electron chi connectivity index (χ0n) is 11.0. The van der Waals surface area contributed by atoms with E-state index in [1.165, 1.54) is 29.5 Å².